The maximum absolute atomic E-state index is 12.3. The minimum absolute atomic E-state index is 0.0923. The first kappa shape index (κ1) is 13.3. The van der Waals surface area contributed by atoms with Crippen molar-refractivity contribution >= 4 is 16.5 Å². The summed E-state index contributed by atoms with van der Waals surface area (Å²) in [5.41, 5.74) is 1.27. The Morgan fingerprint density at radius 2 is 2.11 bits per heavy atom. The third kappa shape index (κ3) is 3.42. The van der Waals surface area contributed by atoms with Crippen LogP contribution in [0.3, 0.4) is 0 Å². The number of anilines is 1. The summed E-state index contributed by atoms with van der Waals surface area (Å²) in [6.45, 7) is 0.280. The molecule has 0 saturated heterocycles. The molecule has 2 aromatic rings. The van der Waals surface area contributed by atoms with Gasteiger partial charge in [-0.05, 0) is 17.7 Å². The SMILES string of the molecule is N#Cc1cccc(CNc2nnc(C(F)(F)F)s2)c1. The van der Waals surface area contributed by atoms with Gasteiger partial charge in [-0.25, -0.2) is 0 Å². The molecule has 0 aliphatic rings. The van der Waals surface area contributed by atoms with Crippen molar-refractivity contribution in [3.05, 3.63) is 40.4 Å². The lowest BCUT2D eigenvalue weighted by Crippen LogP contribution is -2.03. The van der Waals surface area contributed by atoms with E-state index >= 15 is 0 Å². The molecule has 0 amide bonds. The average molecular weight is 284 g/mol. The second-order valence-electron chi connectivity index (χ2n) is 3.58. The Balaban J connectivity index is 2.03. The average Bonchev–Trinajstić information content (AvgIpc) is 2.85. The van der Waals surface area contributed by atoms with E-state index in [0.717, 1.165) is 5.56 Å². The third-order valence-corrected chi connectivity index (χ3v) is 3.09. The van der Waals surface area contributed by atoms with Crippen LogP contribution in [0.25, 0.3) is 0 Å². The third-order valence-electron chi connectivity index (χ3n) is 2.17. The van der Waals surface area contributed by atoms with Crippen LogP contribution < -0.4 is 5.32 Å². The molecule has 0 bridgehead atoms. The minimum atomic E-state index is -4.47. The summed E-state index contributed by atoms with van der Waals surface area (Å²) in [7, 11) is 0. The van der Waals surface area contributed by atoms with Crippen LogP contribution in [0.1, 0.15) is 16.1 Å². The van der Waals surface area contributed by atoms with Gasteiger partial charge in [-0.2, -0.15) is 18.4 Å². The smallest absolute Gasteiger partial charge is 0.356 e. The van der Waals surface area contributed by atoms with Crippen molar-refractivity contribution in [2.24, 2.45) is 0 Å². The normalized spacial score (nSPS) is 11.1. The molecule has 0 aliphatic heterocycles. The Labute approximate surface area is 110 Å². The van der Waals surface area contributed by atoms with Gasteiger partial charge in [-0.3, -0.25) is 0 Å². The second-order valence-corrected chi connectivity index (χ2v) is 4.55. The van der Waals surface area contributed by atoms with E-state index in [9.17, 15) is 13.2 Å². The highest BCUT2D eigenvalue weighted by Gasteiger charge is 2.35. The largest absolute Gasteiger partial charge is 0.445 e. The molecule has 1 aromatic carbocycles. The summed E-state index contributed by atoms with van der Waals surface area (Å²) in [5.74, 6) is 0. The Kier molecular flexibility index (Phi) is 3.66. The Morgan fingerprint density at radius 3 is 2.74 bits per heavy atom. The van der Waals surface area contributed by atoms with Gasteiger partial charge in [-0.15, -0.1) is 10.2 Å². The van der Waals surface area contributed by atoms with Crippen LogP contribution in [-0.2, 0) is 12.7 Å². The maximum Gasteiger partial charge on any atom is 0.445 e. The van der Waals surface area contributed by atoms with E-state index in [1.807, 2.05) is 6.07 Å². The summed E-state index contributed by atoms with van der Waals surface area (Å²) >= 11 is 0.446. The Morgan fingerprint density at radius 1 is 1.32 bits per heavy atom. The highest BCUT2D eigenvalue weighted by Crippen LogP contribution is 2.33. The number of nitrogens with one attached hydrogen (secondary N) is 1. The zero-order valence-electron chi connectivity index (χ0n) is 9.40. The topological polar surface area (TPSA) is 61.6 Å². The predicted octanol–water partition coefficient (Wildman–Crippen LogP) is 3.04. The van der Waals surface area contributed by atoms with Gasteiger partial charge >= 0.3 is 6.18 Å². The fraction of sp³-hybridized carbons (Fsp3) is 0.182. The number of hydrogen-bond donors (Lipinski definition) is 1. The van der Waals surface area contributed by atoms with Crippen LogP contribution in [0.15, 0.2) is 24.3 Å². The van der Waals surface area contributed by atoms with Crippen LogP contribution in [0.5, 0.6) is 0 Å². The second kappa shape index (κ2) is 5.24. The molecule has 0 aliphatic carbocycles. The lowest BCUT2D eigenvalue weighted by Gasteiger charge is -2.02. The summed E-state index contributed by atoms with van der Waals surface area (Å²) in [6.07, 6.45) is -4.47. The molecule has 1 heterocycles. The van der Waals surface area contributed by atoms with Crippen molar-refractivity contribution in [1.29, 1.82) is 5.26 Å². The summed E-state index contributed by atoms with van der Waals surface area (Å²) in [5, 5.41) is 17.0. The van der Waals surface area contributed by atoms with Crippen molar-refractivity contribution in [2.75, 3.05) is 5.32 Å². The molecule has 1 N–H and O–H groups in total. The van der Waals surface area contributed by atoms with E-state index in [1.54, 1.807) is 24.3 Å². The van der Waals surface area contributed by atoms with Crippen molar-refractivity contribution in [2.45, 2.75) is 12.7 Å². The molecule has 0 fully saturated rings. The number of benzene rings is 1. The fourth-order valence-electron chi connectivity index (χ4n) is 1.34. The molecule has 0 atom stereocenters. The van der Waals surface area contributed by atoms with E-state index in [-0.39, 0.29) is 11.7 Å². The Bertz CT molecular complexity index is 615. The molecule has 2 rings (SSSR count). The number of halogens is 3. The van der Waals surface area contributed by atoms with Crippen LogP contribution in [0, 0.1) is 11.3 Å². The highest BCUT2D eigenvalue weighted by atomic mass is 32.1. The first-order valence-corrected chi connectivity index (χ1v) is 5.94. The Hall–Kier alpha value is -2.14. The van der Waals surface area contributed by atoms with Crippen molar-refractivity contribution < 1.29 is 13.2 Å². The van der Waals surface area contributed by atoms with E-state index in [2.05, 4.69) is 15.5 Å². The molecular formula is C11H7F3N4S. The first-order chi connectivity index (χ1) is 8.99. The lowest BCUT2D eigenvalue weighted by atomic mass is 10.1. The molecule has 4 nitrogen and oxygen atoms in total. The summed E-state index contributed by atoms with van der Waals surface area (Å²) in [4.78, 5) is 0. The number of hydrogen-bond acceptors (Lipinski definition) is 5. The van der Waals surface area contributed by atoms with Crippen molar-refractivity contribution in [3.63, 3.8) is 0 Å². The number of alkyl halides is 3. The van der Waals surface area contributed by atoms with Crippen LogP contribution in [-0.4, -0.2) is 10.2 Å². The molecule has 19 heavy (non-hydrogen) atoms. The molecule has 98 valence electrons. The van der Waals surface area contributed by atoms with E-state index in [4.69, 9.17) is 5.26 Å². The number of rotatable bonds is 3. The van der Waals surface area contributed by atoms with Gasteiger partial charge in [-0.1, -0.05) is 23.5 Å². The molecule has 8 heteroatoms. The molecule has 1 aromatic heterocycles. The molecule has 0 saturated carbocycles. The number of nitriles is 1. The van der Waals surface area contributed by atoms with Gasteiger partial charge in [0.05, 0.1) is 11.6 Å². The fourth-order valence-corrected chi connectivity index (χ4v) is 1.94. The van der Waals surface area contributed by atoms with Gasteiger partial charge in [0.15, 0.2) is 0 Å². The van der Waals surface area contributed by atoms with Crippen LogP contribution in [0.4, 0.5) is 18.3 Å². The van der Waals surface area contributed by atoms with Crippen LogP contribution >= 0.6 is 11.3 Å². The lowest BCUT2D eigenvalue weighted by molar-refractivity contribution is -0.138. The summed E-state index contributed by atoms with van der Waals surface area (Å²) in [6, 6.07) is 8.76. The molecule has 0 unspecified atom stereocenters. The quantitative estimate of drug-likeness (QED) is 0.941. The molecular weight excluding hydrogens is 277 g/mol. The standard InChI is InChI=1S/C11H7F3N4S/c12-11(13,14)9-17-18-10(19-9)16-6-8-3-1-2-7(4-8)5-15/h1-4H,6H2,(H,16,18). The number of aromatic nitrogens is 2. The predicted molar refractivity (Wildman–Crippen MR) is 63.4 cm³/mol. The highest BCUT2D eigenvalue weighted by molar-refractivity contribution is 7.15. The van der Waals surface area contributed by atoms with Gasteiger partial charge in [0, 0.05) is 6.54 Å². The first-order valence-electron chi connectivity index (χ1n) is 5.12. The monoisotopic (exact) mass is 284 g/mol. The van der Waals surface area contributed by atoms with Gasteiger partial charge in [0.2, 0.25) is 10.1 Å². The zero-order chi connectivity index (χ0) is 13.9. The van der Waals surface area contributed by atoms with E-state index in [0.29, 0.717) is 16.9 Å². The van der Waals surface area contributed by atoms with Crippen molar-refractivity contribution in [3.8, 4) is 6.07 Å². The molecule has 0 spiro atoms. The number of nitrogens with zero attached hydrogens (tertiary/aromatic N) is 3. The van der Waals surface area contributed by atoms with Crippen LogP contribution in [0.2, 0.25) is 0 Å². The van der Waals surface area contributed by atoms with Crippen molar-refractivity contribution in [1.82, 2.24) is 10.2 Å². The summed E-state index contributed by atoms with van der Waals surface area (Å²) < 4.78 is 36.9. The van der Waals surface area contributed by atoms with Gasteiger partial charge < -0.3 is 5.32 Å². The van der Waals surface area contributed by atoms with Gasteiger partial charge in [0.25, 0.3) is 0 Å². The molecule has 0 radical (unpaired) electrons. The maximum atomic E-state index is 12.3. The van der Waals surface area contributed by atoms with E-state index in [1.165, 1.54) is 0 Å². The zero-order valence-corrected chi connectivity index (χ0v) is 10.2. The van der Waals surface area contributed by atoms with Gasteiger partial charge in [0.1, 0.15) is 0 Å². The van der Waals surface area contributed by atoms with E-state index < -0.39 is 11.2 Å². The minimum Gasteiger partial charge on any atom is -0.356 e.